The smallest absolute Gasteiger partial charge is 0.402 e. The van der Waals surface area contributed by atoms with E-state index in [0.717, 1.165) is 0 Å². The normalized spacial score (nSPS) is 7.91. The Kier molecular flexibility index (Phi) is 5.19. The van der Waals surface area contributed by atoms with Crippen molar-refractivity contribution in [1.29, 1.82) is 0 Å². The summed E-state index contributed by atoms with van der Waals surface area (Å²) in [6.45, 7) is 3.57. The molecule has 5 heteroatoms. The Hall–Kier alpha value is -1.04. The standard InChI is InChI=1S/C6H7N.BH3O3/c1-2-7-5-3-4-6-7;2-1(3)4/h2-6H,1H2;2-4H. The molecule has 0 aliphatic heterocycles. The van der Waals surface area contributed by atoms with Gasteiger partial charge in [-0.3, -0.25) is 0 Å². The van der Waals surface area contributed by atoms with Crippen LogP contribution in [0.25, 0.3) is 6.20 Å². The molecule has 11 heavy (non-hydrogen) atoms. The third-order valence-electron chi connectivity index (χ3n) is 0.838. The monoisotopic (exact) mass is 155 g/mol. The average Bonchev–Trinajstić information content (AvgIpc) is 2.36. The maximum Gasteiger partial charge on any atom is 0.631 e. The van der Waals surface area contributed by atoms with Gasteiger partial charge < -0.3 is 19.6 Å². The molecule has 0 unspecified atom stereocenters. The number of hydrogen-bond donors (Lipinski definition) is 3. The molecule has 60 valence electrons. The van der Waals surface area contributed by atoms with Crippen LogP contribution in [0.1, 0.15) is 0 Å². The summed E-state index contributed by atoms with van der Waals surface area (Å²) in [5, 5.41) is 21.5. The van der Waals surface area contributed by atoms with Gasteiger partial charge in [0.15, 0.2) is 0 Å². The third-order valence-corrected chi connectivity index (χ3v) is 0.838. The van der Waals surface area contributed by atoms with Gasteiger partial charge in [-0.05, 0) is 12.1 Å². The molecule has 0 radical (unpaired) electrons. The van der Waals surface area contributed by atoms with E-state index in [2.05, 4.69) is 6.58 Å². The highest BCUT2D eigenvalue weighted by Gasteiger charge is 1.92. The minimum absolute atomic E-state index is 1.75. The molecule has 3 N–H and O–H groups in total. The Morgan fingerprint density at radius 3 is 1.73 bits per heavy atom. The van der Waals surface area contributed by atoms with Crippen molar-refractivity contribution in [2.75, 3.05) is 0 Å². The molecule has 1 aromatic rings. The summed E-state index contributed by atoms with van der Waals surface area (Å²) in [7, 11) is -2.17. The van der Waals surface area contributed by atoms with Gasteiger partial charge in [0, 0.05) is 18.6 Å². The molecule has 1 rings (SSSR count). The van der Waals surface area contributed by atoms with E-state index in [1.54, 1.807) is 6.20 Å². The minimum Gasteiger partial charge on any atom is -0.402 e. The van der Waals surface area contributed by atoms with Crippen molar-refractivity contribution in [3.8, 4) is 0 Å². The largest absolute Gasteiger partial charge is 0.631 e. The Morgan fingerprint density at radius 2 is 1.55 bits per heavy atom. The molecule has 0 aliphatic carbocycles. The third kappa shape index (κ3) is 6.86. The molecular weight excluding hydrogens is 145 g/mol. The number of rotatable bonds is 1. The topological polar surface area (TPSA) is 65.6 Å². The lowest BCUT2D eigenvalue weighted by Crippen LogP contribution is -2.07. The highest BCUT2D eigenvalue weighted by Crippen LogP contribution is 1.86. The highest BCUT2D eigenvalue weighted by atomic mass is 16.5. The van der Waals surface area contributed by atoms with Crippen LogP contribution in [0, 0.1) is 0 Å². The first-order valence-corrected chi connectivity index (χ1v) is 2.96. The van der Waals surface area contributed by atoms with Gasteiger partial charge >= 0.3 is 7.32 Å². The van der Waals surface area contributed by atoms with Crippen molar-refractivity contribution in [1.82, 2.24) is 4.57 Å². The second-order valence-corrected chi connectivity index (χ2v) is 1.66. The average molecular weight is 155 g/mol. The molecule has 1 heterocycles. The predicted octanol–water partition coefficient (Wildman–Crippen LogP) is -0.463. The van der Waals surface area contributed by atoms with E-state index in [-0.39, 0.29) is 0 Å². The lowest BCUT2D eigenvalue weighted by atomic mass is 10.3. The zero-order valence-corrected chi connectivity index (χ0v) is 5.96. The quantitative estimate of drug-likeness (QED) is 0.480. The molecule has 1 aromatic heterocycles. The summed E-state index contributed by atoms with van der Waals surface area (Å²) in [6, 6.07) is 3.92. The molecule has 0 atom stereocenters. The molecule has 0 amide bonds. The Labute approximate surface area is 65.2 Å². The van der Waals surface area contributed by atoms with Crippen LogP contribution < -0.4 is 0 Å². The second-order valence-electron chi connectivity index (χ2n) is 1.66. The number of aromatic nitrogens is 1. The van der Waals surface area contributed by atoms with Crippen LogP contribution in [0.5, 0.6) is 0 Å². The first-order chi connectivity index (χ1) is 5.16. The van der Waals surface area contributed by atoms with Crippen molar-refractivity contribution >= 4 is 13.5 Å². The fourth-order valence-electron chi connectivity index (χ4n) is 0.470. The fraction of sp³-hybridized carbons (Fsp3) is 0. The van der Waals surface area contributed by atoms with Crippen molar-refractivity contribution in [2.45, 2.75) is 0 Å². The van der Waals surface area contributed by atoms with Crippen molar-refractivity contribution < 1.29 is 15.1 Å². The van der Waals surface area contributed by atoms with E-state index >= 15 is 0 Å². The number of nitrogens with zero attached hydrogens (tertiary/aromatic N) is 1. The zero-order valence-electron chi connectivity index (χ0n) is 5.96. The van der Waals surface area contributed by atoms with Gasteiger partial charge in [-0.2, -0.15) is 0 Å². The molecule has 0 aliphatic rings. The Balaban J connectivity index is 0.000000218. The Bertz CT molecular complexity index is 183. The molecule has 0 spiro atoms. The SMILES string of the molecule is C=Cn1cccc1.OB(O)O. The van der Waals surface area contributed by atoms with E-state index in [4.69, 9.17) is 15.1 Å². The van der Waals surface area contributed by atoms with Crippen molar-refractivity contribution in [2.24, 2.45) is 0 Å². The first kappa shape index (κ1) is 9.96. The van der Waals surface area contributed by atoms with Crippen molar-refractivity contribution in [3.63, 3.8) is 0 Å². The molecule has 4 nitrogen and oxygen atoms in total. The molecule has 0 saturated carbocycles. The van der Waals surface area contributed by atoms with Crippen LogP contribution in [0.4, 0.5) is 0 Å². The van der Waals surface area contributed by atoms with Gasteiger partial charge in [-0.1, -0.05) is 6.58 Å². The molecule has 0 saturated heterocycles. The minimum atomic E-state index is -2.17. The Morgan fingerprint density at radius 1 is 1.18 bits per heavy atom. The predicted molar refractivity (Wildman–Crippen MR) is 43.2 cm³/mol. The lowest BCUT2D eigenvalue weighted by Gasteiger charge is -1.82. The molecule has 0 aromatic carbocycles. The molecular formula is C6H10BNO3. The van der Waals surface area contributed by atoms with Gasteiger partial charge in [-0.15, -0.1) is 0 Å². The van der Waals surface area contributed by atoms with Crippen LogP contribution in [0.2, 0.25) is 0 Å². The zero-order chi connectivity index (χ0) is 8.69. The van der Waals surface area contributed by atoms with E-state index in [1.807, 2.05) is 29.1 Å². The van der Waals surface area contributed by atoms with Gasteiger partial charge in [0.1, 0.15) is 0 Å². The summed E-state index contributed by atoms with van der Waals surface area (Å²) in [6.07, 6.45) is 5.62. The van der Waals surface area contributed by atoms with Crippen LogP contribution in [0.3, 0.4) is 0 Å². The summed E-state index contributed by atoms with van der Waals surface area (Å²) in [4.78, 5) is 0. The van der Waals surface area contributed by atoms with E-state index < -0.39 is 7.32 Å². The van der Waals surface area contributed by atoms with Gasteiger partial charge in [0.2, 0.25) is 0 Å². The highest BCUT2D eigenvalue weighted by molar-refractivity contribution is 6.30. The van der Waals surface area contributed by atoms with E-state index in [0.29, 0.717) is 0 Å². The maximum atomic E-state index is 7.17. The van der Waals surface area contributed by atoms with Gasteiger partial charge in [-0.25, -0.2) is 0 Å². The van der Waals surface area contributed by atoms with Crippen LogP contribution in [-0.2, 0) is 0 Å². The summed E-state index contributed by atoms with van der Waals surface area (Å²) in [5.74, 6) is 0. The fourth-order valence-corrected chi connectivity index (χ4v) is 0.470. The second kappa shape index (κ2) is 5.73. The van der Waals surface area contributed by atoms with E-state index in [1.165, 1.54) is 0 Å². The summed E-state index contributed by atoms with van der Waals surface area (Å²) in [5.41, 5.74) is 0. The van der Waals surface area contributed by atoms with Gasteiger partial charge in [0.25, 0.3) is 0 Å². The van der Waals surface area contributed by atoms with Gasteiger partial charge in [0.05, 0.1) is 0 Å². The molecule has 0 bridgehead atoms. The van der Waals surface area contributed by atoms with Crippen molar-refractivity contribution in [3.05, 3.63) is 31.1 Å². The molecule has 0 fully saturated rings. The summed E-state index contributed by atoms with van der Waals surface area (Å²) >= 11 is 0. The van der Waals surface area contributed by atoms with Crippen LogP contribution >= 0.6 is 0 Å². The summed E-state index contributed by atoms with van der Waals surface area (Å²) < 4.78 is 1.89. The maximum absolute atomic E-state index is 7.17. The van der Waals surface area contributed by atoms with Crippen LogP contribution in [-0.4, -0.2) is 27.0 Å². The number of hydrogen-bond acceptors (Lipinski definition) is 3. The first-order valence-electron chi connectivity index (χ1n) is 2.96. The van der Waals surface area contributed by atoms with E-state index in [9.17, 15) is 0 Å². The lowest BCUT2D eigenvalue weighted by molar-refractivity contribution is 0.278. The van der Waals surface area contributed by atoms with Crippen LogP contribution in [0.15, 0.2) is 31.1 Å².